The minimum Gasteiger partial charge on any atom is -0.872 e. The Morgan fingerprint density at radius 3 is 2.14 bits per heavy atom. The quantitative estimate of drug-likeness (QED) is 0.335. The Bertz CT molecular complexity index is 819. The standard InChI is InChI=1S/C21H28O5S.K/c1-2-3-4-5-6-7-8-10-17-11-9-12-20(21(17)27(23,24)25)26-19-15-13-18(22)14-16-19;/h9,11-16,22H,2-8,10H2,1H3,(H,23,24,25);/q;+1/p-1. The fourth-order valence-electron chi connectivity index (χ4n) is 3.04. The molecule has 0 heterocycles. The third-order valence-corrected chi connectivity index (χ3v) is 5.40. The molecule has 2 aromatic rings. The normalized spacial score (nSPS) is 11.1. The molecule has 1 N–H and O–H groups in total. The Morgan fingerprint density at radius 1 is 0.929 bits per heavy atom. The van der Waals surface area contributed by atoms with Gasteiger partial charge in [-0.05, 0) is 36.6 Å². The monoisotopic (exact) mass is 430 g/mol. The van der Waals surface area contributed by atoms with Crippen LogP contribution in [-0.4, -0.2) is 13.0 Å². The van der Waals surface area contributed by atoms with E-state index in [9.17, 15) is 18.1 Å². The van der Waals surface area contributed by atoms with E-state index < -0.39 is 10.1 Å². The van der Waals surface area contributed by atoms with Crippen molar-refractivity contribution < 1.29 is 74.2 Å². The molecule has 0 aliphatic rings. The van der Waals surface area contributed by atoms with Crippen LogP contribution in [0.5, 0.6) is 17.2 Å². The van der Waals surface area contributed by atoms with Crippen LogP contribution in [0.15, 0.2) is 47.4 Å². The molecule has 0 radical (unpaired) electrons. The van der Waals surface area contributed by atoms with Crippen molar-refractivity contribution in [2.45, 2.75) is 63.2 Å². The number of rotatable bonds is 11. The molecule has 0 aliphatic heterocycles. The van der Waals surface area contributed by atoms with E-state index in [4.69, 9.17) is 4.74 Å². The summed E-state index contributed by atoms with van der Waals surface area (Å²) < 4.78 is 39.2. The Morgan fingerprint density at radius 2 is 1.54 bits per heavy atom. The zero-order chi connectivity index (χ0) is 19.7. The van der Waals surface area contributed by atoms with Gasteiger partial charge in [-0.2, -0.15) is 8.42 Å². The molecule has 148 valence electrons. The van der Waals surface area contributed by atoms with Gasteiger partial charge in [0.1, 0.15) is 16.4 Å². The molecule has 0 aromatic heterocycles. The van der Waals surface area contributed by atoms with Gasteiger partial charge in [-0.15, -0.1) is 5.75 Å². The molecule has 0 spiro atoms. The summed E-state index contributed by atoms with van der Waals surface area (Å²) in [6, 6.07) is 10.5. The number of ether oxygens (including phenoxy) is 1. The molecule has 2 rings (SSSR count). The largest absolute Gasteiger partial charge is 1.00 e. The predicted molar refractivity (Wildman–Crippen MR) is 104 cm³/mol. The zero-order valence-electron chi connectivity index (χ0n) is 16.7. The molecule has 0 atom stereocenters. The van der Waals surface area contributed by atoms with E-state index >= 15 is 0 Å². The van der Waals surface area contributed by atoms with Gasteiger partial charge in [-0.3, -0.25) is 4.55 Å². The Labute approximate surface area is 210 Å². The maximum Gasteiger partial charge on any atom is 1.00 e. The summed E-state index contributed by atoms with van der Waals surface area (Å²) in [4.78, 5) is -0.192. The Balaban J connectivity index is 0.00000392. The third-order valence-electron chi connectivity index (χ3n) is 4.42. The van der Waals surface area contributed by atoms with E-state index in [1.54, 1.807) is 12.1 Å². The van der Waals surface area contributed by atoms with Gasteiger partial charge in [-0.1, -0.05) is 69.7 Å². The maximum atomic E-state index is 12.0. The Kier molecular flexibility index (Phi) is 11.9. The van der Waals surface area contributed by atoms with Crippen LogP contribution in [0.2, 0.25) is 0 Å². The first-order valence-electron chi connectivity index (χ1n) is 9.46. The van der Waals surface area contributed by atoms with Crippen molar-refractivity contribution in [2.75, 3.05) is 0 Å². The first-order valence-corrected chi connectivity index (χ1v) is 10.9. The summed E-state index contributed by atoms with van der Waals surface area (Å²) in [6.45, 7) is 2.18. The molecular weight excluding hydrogens is 403 g/mol. The average Bonchev–Trinajstić information content (AvgIpc) is 2.62. The van der Waals surface area contributed by atoms with Crippen LogP contribution >= 0.6 is 0 Å². The van der Waals surface area contributed by atoms with E-state index in [0.717, 1.165) is 19.3 Å². The summed E-state index contributed by atoms with van der Waals surface area (Å²) in [7, 11) is -4.43. The molecule has 0 aliphatic carbocycles. The molecule has 0 unspecified atom stereocenters. The van der Waals surface area contributed by atoms with Gasteiger partial charge in [0, 0.05) is 0 Å². The number of benzene rings is 2. The first kappa shape index (κ1) is 25.6. The average molecular weight is 431 g/mol. The number of aryl methyl sites for hydroxylation is 1. The topological polar surface area (TPSA) is 86.7 Å². The van der Waals surface area contributed by atoms with E-state index in [1.165, 1.54) is 56.0 Å². The summed E-state index contributed by atoms with van der Waals surface area (Å²) in [6.07, 6.45) is 8.43. The van der Waals surface area contributed by atoms with Gasteiger partial charge in [0.15, 0.2) is 0 Å². The molecule has 2 aromatic carbocycles. The van der Waals surface area contributed by atoms with Crippen LogP contribution in [0.1, 0.15) is 57.4 Å². The van der Waals surface area contributed by atoms with Crippen LogP contribution < -0.4 is 61.2 Å². The van der Waals surface area contributed by atoms with Crippen molar-refractivity contribution >= 4 is 10.1 Å². The van der Waals surface area contributed by atoms with Crippen molar-refractivity contribution in [2.24, 2.45) is 0 Å². The van der Waals surface area contributed by atoms with Gasteiger partial charge in [0.05, 0.1) is 0 Å². The predicted octanol–water partition coefficient (Wildman–Crippen LogP) is 2.10. The van der Waals surface area contributed by atoms with E-state index in [1.807, 2.05) is 0 Å². The molecule has 28 heavy (non-hydrogen) atoms. The Hall–Kier alpha value is -0.414. The van der Waals surface area contributed by atoms with Crippen LogP contribution in [0.4, 0.5) is 0 Å². The number of hydrogen-bond donors (Lipinski definition) is 1. The van der Waals surface area contributed by atoms with Crippen LogP contribution in [0, 0.1) is 0 Å². The molecule has 0 bridgehead atoms. The van der Waals surface area contributed by atoms with Crippen LogP contribution in [0.3, 0.4) is 0 Å². The van der Waals surface area contributed by atoms with Crippen molar-refractivity contribution in [1.29, 1.82) is 0 Å². The molecule has 0 fully saturated rings. The van der Waals surface area contributed by atoms with Crippen LogP contribution in [0.25, 0.3) is 0 Å². The van der Waals surface area contributed by atoms with E-state index in [0.29, 0.717) is 17.7 Å². The second-order valence-electron chi connectivity index (χ2n) is 6.66. The number of unbranched alkanes of at least 4 members (excludes halogenated alkanes) is 6. The van der Waals surface area contributed by atoms with Gasteiger partial charge < -0.3 is 9.84 Å². The fourth-order valence-corrected chi connectivity index (χ4v) is 3.90. The maximum absolute atomic E-state index is 12.0. The van der Waals surface area contributed by atoms with Crippen molar-refractivity contribution in [1.82, 2.24) is 0 Å². The zero-order valence-corrected chi connectivity index (χ0v) is 20.6. The molecule has 7 heteroatoms. The molecule has 0 saturated heterocycles. The summed E-state index contributed by atoms with van der Waals surface area (Å²) in [5.74, 6) is 0.245. The molecule has 0 amide bonds. The van der Waals surface area contributed by atoms with Crippen molar-refractivity contribution in [3.8, 4) is 17.2 Å². The summed E-state index contributed by atoms with van der Waals surface area (Å²) in [5, 5.41) is 11.2. The second kappa shape index (κ2) is 13.0. The molecular formula is C21H27KO5S. The minimum absolute atomic E-state index is 0. The second-order valence-corrected chi connectivity index (χ2v) is 8.02. The van der Waals surface area contributed by atoms with Crippen LogP contribution in [-0.2, 0) is 16.5 Å². The van der Waals surface area contributed by atoms with Gasteiger partial charge >= 0.3 is 51.4 Å². The van der Waals surface area contributed by atoms with Gasteiger partial charge in [0.2, 0.25) is 0 Å². The summed E-state index contributed by atoms with van der Waals surface area (Å²) >= 11 is 0. The molecule has 0 saturated carbocycles. The number of hydrogen-bond acceptors (Lipinski definition) is 4. The van der Waals surface area contributed by atoms with E-state index in [2.05, 4.69) is 6.92 Å². The summed E-state index contributed by atoms with van der Waals surface area (Å²) in [5.41, 5.74) is 0.545. The molecule has 5 nitrogen and oxygen atoms in total. The fraction of sp³-hybridized carbons (Fsp3) is 0.429. The third kappa shape index (κ3) is 8.53. The van der Waals surface area contributed by atoms with Crippen molar-refractivity contribution in [3.63, 3.8) is 0 Å². The van der Waals surface area contributed by atoms with Crippen molar-refractivity contribution in [3.05, 3.63) is 48.0 Å². The van der Waals surface area contributed by atoms with Gasteiger partial charge in [-0.25, -0.2) is 0 Å². The smallest absolute Gasteiger partial charge is 0.872 e. The SMILES string of the molecule is CCCCCCCCCc1cccc(Oc2ccc([O-])cc2)c1S(=O)(=O)O.[K+]. The minimum atomic E-state index is -4.43. The first-order chi connectivity index (χ1) is 12.9. The van der Waals surface area contributed by atoms with Gasteiger partial charge in [0.25, 0.3) is 10.1 Å². The van der Waals surface area contributed by atoms with E-state index in [-0.39, 0.29) is 67.8 Å².